The highest BCUT2D eigenvalue weighted by Crippen LogP contribution is 2.45. The molecule has 0 spiro atoms. The van der Waals surface area contributed by atoms with Crippen molar-refractivity contribution in [3.05, 3.63) is 59.7 Å². The van der Waals surface area contributed by atoms with Gasteiger partial charge in [0, 0.05) is 24.3 Å². The fourth-order valence-electron chi connectivity index (χ4n) is 4.26. The number of methoxy groups -OCH3 is 1. The van der Waals surface area contributed by atoms with Gasteiger partial charge in [0.2, 0.25) is 0 Å². The summed E-state index contributed by atoms with van der Waals surface area (Å²) in [5.74, 6) is 0.780. The molecule has 158 valence electrons. The van der Waals surface area contributed by atoms with E-state index < -0.39 is 11.7 Å². The van der Waals surface area contributed by atoms with Crippen molar-refractivity contribution >= 4 is 5.69 Å². The van der Waals surface area contributed by atoms with Crippen LogP contribution in [0.5, 0.6) is 5.75 Å². The highest BCUT2D eigenvalue weighted by molar-refractivity contribution is 5.46. The third kappa shape index (κ3) is 5.24. The molecule has 29 heavy (non-hydrogen) atoms. The van der Waals surface area contributed by atoms with Crippen LogP contribution in [-0.4, -0.2) is 25.9 Å². The van der Waals surface area contributed by atoms with E-state index in [4.69, 9.17) is 9.47 Å². The topological polar surface area (TPSA) is 30.5 Å². The van der Waals surface area contributed by atoms with Crippen molar-refractivity contribution < 1.29 is 22.6 Å². The van der Waals surface area contributed by atoms with Gasteiger partial charge in [0.1, 0.15) is 5.75 Å². The average Bonchev–Trinajstić information content (AvgIpc) is 2.67. The Labute approximate surface area is 170 Å². The molecule has 3 nitrogen and oxygen atoms in total. The van der Waals surface area contributed by atoms with Gasteiger partial charge in [-0.15, -0.1) is 0 Å². The summed E-state index contributed by atoms with van der Waals surface area (Å²) in [7, 11) is 1.62. The van der Waals surface area contributed by atoms with E-state index in [0.29, 0.717) is 32.4 Å². The normalized spacial score (nSPS) is 21.6. The van der Waals surface area contributed by atoms with Crippen molar-refractivity contribution in [1.29, 1.82) is 0 Å². The van der Waals surface area contributed by atoms with Gasteiger partial charge in [-0.2, -0.15) is 13.2 Å². The molecule has 2 aromatic rings. The maximum atomic E-state index is 13.3. The number of nitrogens with one attached hydrogen (secondary N) is 1. The van der Waals surface area contributed by atoms with E-state index >= 15 is 0 Å². The summed E-state index contributed by atoms with van der Waals surface area (Å²) in [6.07, 6.45) is -2.26. The standard InChI is InChI=1S/C23H28F3NO2/c1-21(2)16-22(12-14-29-21,17-5-4-6-18(15-17)23(24,25)26)11-13-27-19-7-9-20(28-3)10-8-19/h4-10,15,27H,11-14,16H2,1-3H3. The second kappa shape index (κ2) is 8.27. The van der Waals surface area contributed by atoms with Crippen molar-refractivity contribution in [1.82, 2.24) is 0 Å². The first-order valence-electron chi connectivity index (χ1n) is 9.83. The molecule has 6 heteroatoms. The molecule has 0 radical (unpaired) electrons. The lowest BCUT2D eigenvalue weighted by Crippen LogP contribution is -2.45. The summed E-state index contributed by atoms with van der Waals surface area (Å²) in [5.41, 5.74) is 0.341. The summed E-state index contributed by atoms with van der Waals surface area (Å²) in [6, 6.07) is 13.4. The summed E-state index contributed by atoms with van der Waals surface area (Å²) >= 11 is 0. The largest absolute Gasteiger partial charge is 0.497 e. The molecule has 1 atom stereocenters. The SMILES string of the molecule is COc1ccc(NCCC2(c3cccc(C(F)(F)F)c3)CCOC(C)(C)C2)cc1. The van der Waals surface area contributed by atoms with Crippen LogP contribution in [-0.2, 0) is 16.3 Å². The number of benzene rings is 2. The van der Waals surface area contributed by atoms with Crippen LogP contribution in [0.2, 0.25) is 0 Å². The molecule has 1 heterocycles. The molecular formula is C23H28F3NO2. The molecule has 1 aliphatic rings. The van der Waals surface area contributed by atoms with E-state index in [1.807, 2.05) is 44.2 Å². The predicted molar refractivity (Wildman–Crippen MR) is 108 cm³/mol. The number of halogens is 3. The van der Waals surface area contributed by atoms with Crippen molar-refractivity contribution in [2.75, 3.05) is 25.6 Å². The summed E-state index contributed by atoms with van der Waals surface area (Å²) in [6.45, 7) is 5.20. The molecule has 0 aliphatic carbocycles. The Hall–Kier alpha value is -2.21. The number of rotatable bonds is 6. The summed E-state index contributed by atoms with van der Waals surface area (Å²) in [5, 5.41) is 3.39. The van der Waals surface area contributed by atoms with Crippen LogP contribution in [0.1, 0.15) is 44.2 Å². The molecule has 3 rings (SSSR count). The van der Waals surface area contributed by atoms with Gasteiger partial charge in [-0.1, -0.05) is 18.2 Å². The Kier molecular flexibility index (Phi) is 6.13. The van der Waals surface area contributed by atoms with Gasteiger partial charge in [0.25, 0.3) is 0 Å². The summed E-state index contributed by atoms with van der Waals surface area (Å²) in [4.78, 5) is 0. The van der Waals surface area contributed by atoms with Gasteiger partial charge >= 0.3 is 6.18 Å². The Balaban J connectivity index is 1.82. The first kappa shape index (κ1) is 21.5. The third-order valence-corrected chi connectivity index (χ3v) is 5.66. The van der Waals surface area contributed by atoms with Crippen LogP contribution in [0, 0.1) is 0 Å². The van der Waals surface area contributed by atoms with Gasteiger partial charge in [0.15, 0.2) is 0 Å². The van der Waals surface area contributed by atoms with Crippen LogP contribution in [0.25, 0.3) is 0 Å². The molecule has 1 saturated heterocycles. The molecule has 0 bridgehead atoms. The lowest BCUT2D eigenvalue weighted by Gasteiger charge is -2.45. The van der Waals surface area contributed by atoms with E-state index in [-0.39, 0.29) is 11.0 Å². The Bertz CT molecular complexity index is 818. The molecule has 0 amide bonds. The number of hydrogen-bond acceptors (Lipinski definition) is 3. The van der Waals surface area contributed by atoms with E-state index in [9.17, 15) is 13.2 Å². The minimum absolute atomic E-state index is 0.373. The Morgan fingerprint density at radius 3 is 2.45 bits per heavy atom. The molecule has 2 aromatic carbocycles. The van der Waals surface area contributed by atoms with Gasteiger partial charge in [-0.3, -0.25) is 0 Å². The van der Waals surface area contributed by atoms with Gasteiger partial charge < -0.3 is 14.8 Å². The molecule has 1 fully saturated rings. The second-order valence-electron chi connectivity index (χ2n) is 8.30. The van der Waals surface area contributed by atoms with Crippen molar-refractivity contribution in [3.8, 4) is 5.75 Å². The molecule has 1 aliphatic heterocycles. The molecule has 1 unspecified atom stereocenters. The minimum Gasteiger partial charge on any atom is -0.497 e. The van der Waals surface area contributed by atoms with E-state index in [1.54, 1.807) is 7.11 Å². The van der Waals surface area contributed by atoms with E-state index in [2.05, 4.69) is 5.32 Å². The smallest absolute Gasteiger partial charge is 0.416 e. The van der Waals surface area contributed by atoms with Gasteiger partial charge in [-0.25, -0.2) is 0 Å². The van der Waals surface area contributed by atoms with Crippen molar-refractivity contribution in [2.24, 2.45) is 0 Å². The molecule has 0 aromatic heterocycles. The fraction of sp³-hybridized carbons (Fsp3) is 0.478. The lowest BCUT2D eigenvalue weighted by atomic mass is 9.67. The van der Waals surface area contributed by atoms with Gasteiger partial charge in [-0.05, 0) is 69.0 Å². The highest BCUT2D eigenvalue weighted by Gasteiger charge is 2.42. The number of alkyl halides is 3. The number of anilines is 1. The Morgan fingerprint density at radius 1 is 1.10 bits per heavy atom. The third-order valence-electron chi connectivity index (χ3n) is 5.66. The zero-order chi connectivity index (χ0) is 21.1. The second-order valence-corrected chi connectivity index (χ2v) is 8.30. The van der Waals surface area contributed by atoms with Crippen LogP contribution in [0.4, 0.5) is 18.9 Å². The van der Waals surface area contributed by atoms with E-state index in [1.165, 1.54) is 12.1 Å². The Morgan fingerprint density at radius 2 is 1.83 bits per heavy atom. The predicted octanol–water partition coefficient (Wildman–Crippen LogP) is 6.04. The zero-order valence-electron chi connectivity index (χ0n) is 17.1. The fourth-order valence-corrected chi connectivity index (χ4v) is 4.26. The molecule has 1 N–H and O–H groups in total. The minimum atomic E-state index is -4.35. The van der Waals surface area contributed by atoms with Crippen molar-refractivity contribution in [2.45, 2.75) is 50.3 Å². The monoisotopic (exact) mass is 407 g/mol. The quantitative estimate of drug-likeness (QED) is 0.633. The maximum Gasteiger partial charge on any atom is 0.416 e. The summed E-state index contributed by atoms with van der Waals surface area (Å²) < 4.78 is 50.9. The van der Waals surface area contributed by atoms with Gasteiger partial charge in [0.05, 0.1) is 18.3 Å². The van der Waals surface area contributed by atoms with Crippen LogP contribution in [0.3, 0.4) is 0 Å². The first-order valence-corrected chi connectivity index (χ1v) is 9.83. The lowest BCUT2D eigenvalue weighted by molar-refractivity contribution is -0.137. The zero-order valence-corrected chi connectivity index (χ0v) is 17.1. The number of hydrogen-bond donors (Lipinski definition) is 1. The van der Waals surface area contributed by atoms with E-state index in [0.717, 1.165) is 23.1 Å². The first-order chi connectivity index (χ1) is 13.6. The van der Waals surface area contributed by atoms with Crippen LogP contribution < -0.4 is 10.1 Å². The van der Waals surface area contributed by atoms with Crippen LogP contribution in [0.15, 0.2) is 48.5 Å². The average molecular weight is 407 g/mol. The highest BCUT2D eigenvalue weighted by atomic mass is 19.4. The van der Waals surface area contributed by atoms with Crippen molar-refractivity contribution in [3.63, 3.8) is 0 Å². The maximum absolute atomic E-state index is 13.3. The van der Waals surface area contributed by atoms with Crippen LogP contribution >= 0.6 is 0 Å². The molecule has 0 saturated carbocycles. The molecular weight excluding hydrogens is 379 g/mol. The number of ether oxygens (including phenoxy) is 2.